The lowest BCUT2D eigenvalue weighted by Gasteiger charge is -2.06. The molecule has 0 aliphatic rings. The van der Waals surface area contributed by atoms with Gasteiger partial charge in [0.15, 0.2) is 5.69 Å². The van der Waals surface area contributed by atoms with Crippen LogP contribution in [0.4, 0.5) is 0 Å². The summed E-state index contributed by atoms with van der Waals surface area (Å²) in [7, 11) is 0. The summed E-state index contributed by atoms with van der Waals surface area (Å²) >= 11 is 10.4. The Kier molecular flexibility index (Phi) is 5.33. The fourth-order valence-corrected chi connectivity index (χ4v) is 2.94. The number of halogens is 2. The van der Waals surface area contributed by atoms with Gasteiger partial charge in [0.1, 0.15) is 0 Å². The molecule has 1 amide bonds. The second-order valence-electron chi connectivity index (χ2n) is 4.06. The third-order valence-corrected chi connectivity index (χ3v) is 4.40. The smallest absolute Gasteiger partial charge is 0.355 e. The summed E-state index contributed by atoms with van der Waals surface area (Å²) in [6.07, 6.45) is 0.474. The van der Waals surface area contributed by atoms with Crippen molar-refractivity contribution in [1.29, 1.82) is 0 Å². The Morgan fingerprint density at radius 1 is 1.43 bits per heavy atom. The Bertz CT molecular complexity index is 690. The molecule has 5 nitrogen and oxygen atoms in total. The van der Waals surface area contributed by atoms with E-state index in [1.807, 2.05) is 0 Å². The van der Waals surface area contributed by atoms with Crippen LogP contribution in [0.1, 0.15) is 25.9 Å². The van der Waals surface area contributed by atoms with Gasteiger partial charge < -0.3 is 10.4 Å². The molecule has 2 rings (SSSR count). The first-order chi connectivity index (χ1) is 9.97. The Balaban J connectivity index is 1.92. The highest BCUT2D eigenvalue weighted by molar-refractivity contribution is 9.10. The van der Waals surface area contributed by atoms with Crippen molar-refractivity contribution in [3.8, 4) is 0 Å². The zero-order valence-electron chi connectivity index (χ0n) is 10.6. The van der Waals surface area contributed by atoms with Gasteiger partial charge in [0, 0.05) is 27.8 Å². The van der Waals surface area contributed by atoms with E-state index in [1.165, 1.54) is 16.7 Å². The lowest BCUT2D eigenvalue weighted by Crippen LogP contribution is -2.26. The minimum Gasteiger partial charge on any atom is -0.476 e. The molecule has 21 heavy (non-hydrogen) atoms. The minimum atomic E-state index is -1.05. The third-order valence-electron chi connectivity index (χ3n) is 2.57. The predicted octanol–water partition coefficient (Wildman–Crippen LogP) is 3.23. The summed E-state index contributed by atoms with van der Waals surface area (Å²) in [5.41, 5.74) is 0.478. The lowest BCUT2D eigenvalue weighted by atomic mass is 10.2. The molecular weight excluding hydrogens is 380 g/mol. The second kappa shape index (κ2) is 7.02. The molecule has 8 heteroatoms. The summed E-state index contributed by atoms with van der Waals surface area (Å²) in [5, 5.41) is 14.1. The van der Waals surface area contributed by atoms with Crippen molar-refractivity contribution < 1.29 is 14.7 Å². The first-order valence-corrected chi connectivity index (χ1v) is 7.93. The number of amides is 1. The zero-order chi connectivity index (χ0) is 15.4. The van der Waals surface area contributed by atoms with E-state index >= 15 is 0 Å². The summed E-state index contributed by atoms with van der Waals surface area (Å²) < 4.78 is 0.659. The maximum atomic E-state index is 12.0. The Labute approximate surface area is 138 Å². The highest BCUT2D eigenvalue weighted by Crippen LogP contribution is 2.21. The monoisotopic (exact) mass is 388 g/mol. The van der Waals surface area contributed by atoms with Gasteiger partial charge in [-0.05, 0) is 34.1 Å². The van der Waals surface area contributed by atoms with Crippen LogP contribution in [-0.4, -0.2) is 28.5 Å². The van der Waals surface area contributed by atoms with Gasteiger partial charge in [0.2, 0.25) is 0 Å². The molecule has 0 saturated carbocycles. The van der Waals surface area contributed by atoms with Gasteiger partial charge in [0.25, 0.3) is 5.91 Å². The number of carbonyl (C=O) groups excluding carboxylic acids is 1. The molecule has 110 valence electrons. The molecule has 0 atom stereocenters. The van der Waals surface area contributed by atoms with E-state index < -0.39 is 5.97 Å². The predicted molar refractivity (Wildman–Crippen MR) is 84.3 cm³/mol. The van der Waals surface area contributed by atoms with Crippen LogP contribution in [0, 0.1) is 0 Å². The van der Waals surface area contributed by atoms with Crippen molar-refractivity contribution in [2.75, 3.05) is 6.54 Å². The molecule has 0 aliphatic carbocycles. The number of carboxylic acid groups (broad SMARTS) is 1. The van der Waals surface area contributed by atoms with Crippen molar-refractivity contribution in [3.05, 3.63) is 49.3 Å². The number of nitrogens with one attached hydrogen (secondary N) is 1. The van der Waals surface area contributed by atoms with E-state index in [0.29, 0.717) is 33.0 Å². The maximum absolute atomic E-state index is 12.0. The number of aromatic nitrogens is 1. The molecule has 0 bridgehead atoms. The molecule has 0 unspecified atom stereocenters. The molecule has 0 fully saturated rings. The topological polar surface area (TPSA) is 79.3 Å². The van der Waals surface area contributed by atoms with Gasteiger partial charge in [-0.2, -0.15) is 0 Å². The van der Waals surface area contributed by atoms with Crippen LogP contribution >= 0.6 is 38.9 Å². The van der Waals surface area contributed by atoms with Gasteiger partial charge in [-0.3, -0.25) is 4.79 Å². The van der Waals surface area contributed by atoms with Crippen LogP contribution in [0.5, 0.6) is 0 Å². The Hall–Kier alpha value is -1.44. The lowest BCUT2D eigenvalue weighted by molar-refractivity contribution is 0.0690. The van der Waals surface area contributed by atoms with E-state index in [2.05, 4.69) is 26.2 Å². The number of benzene rings is 1. The van der Waals surface area contributed by atoms with Crippen molar-refractivity contribution in [2.24, 2.45) is 0 Å². The summed E-state index contributed by atoms with van der Waals surface area (Å²) in [6.45, 7) is 0.365. The molecule has 0 saturated heterocycles. The second-order valence-corrected chi connectivity index (χ2v) is 6.30. The van der Waals surface area contributed by atoms with E-state index in [-0.39, 0.29) is 11.6 Å². The van der Waals surface area contributed by atoms with Crippen LogP contribution in [0.2, 0.25) is 5.02 Å². The highest BCUT2D eigenvalue weighted by Gasteiger charge is 2.11. The van der Waals surface area contributed by atoms with Gasteiger partial charge in [-0.15, -0.1) is 11.3 Å². The fourth-order valence-electron chi connectivity index (χ4n) is 1.57. The Morgan fingerprint density at radius 3 is 2.86 bits per heavy atom. The molecule has 2 N–H and O–H groups in total. The minimum absolute atomic E-state index is 0.0268. The first-order valence-electron chi connectivity index (χ1n) is 5.88. The Morgan fingerprint density at radius 2 is 2.19 bits per heavy atom. The van der Waals surface area contributed by atoms with Crippen molar-refractivity contribution in [1.82, 2.24) is 10.3 Å². The van der Waals surface area contributed by atoms with Crippen LogP contribution in [0.25, 0.3) is 0 Å². The molecule has 0 radical (unpaired) electrons. The average molecular weight is 390 g/mol. The van der Waals surface area contributed by atoms with Crippen molar-refractivity contribution in [2.45, 2.75) is 6.42 Å². The average Bonchev–Trinajstić information content (AvgIpc) is 2.90. The van der Waals surface area contributed by atoms with E-state index in [9.17, 15) is 9.59 Å². The quantitative estimate of drug-likeness (QED) is 0.823. The summed E-state index contributed by atoms with van der Waals surface area (Å²) in [5.74, 6) is -1.30. The summed E-state index contributed by atoms with van der Waals surface area (Å²) in [4.78, 5) is 26.7. The number of carboxylic acids is 1. The number of thiazole rings is 1. The zero-order valence-corrected chi connectivity index (χ0v) is 13.8. The maximum Gasteiger partial charge on any atom is 0.355 e. The molecule has 1 heterocycles. The summed E-state index contributed by atoms with van der Waals surface area (Å²) in [6, 6.07) is 4.97. The number of hydrogen-bond donors (Lipinski definition) is 2. The molecule has 1 aromatic heterocycles. The number of rotatable bonds is 5. The van der Waals surface area contributed by atoms with Crippen LogP contribution < -0.4 is 5.32 Å². The largest absolute Gasteiger partial charge is 0.476 e. The number of hydrogen-bond acceptors (Lipinski definition) is 4. The normalized spacial score (nSPS) is 10.4. The number of aromatic carboxylic acids is 1. The molecule has 0 spiro atoms. The van der Waals surface area contributed by atoms with Gasteiger partial charge in [0.05, 0.1) is 10.6 Å². The molecule has 1 aromatic carbocycles. The van der Waals surface area contributed by atoms with Gasteiger partial charge in [-0.1, -0.05) is 11.6 Å². The van der Waals surface area contributed by atoms with Crippen LogP contribution in [-0.2, 0) is 6.42 Å². The fraction of sp³-hybridized carbons (Fsp3) is 0.154. The molecular formula is C13H10BrClN2O3S. The van der Waals surface area contributed by atoms with Crippen molar-refractivity contribution in [3.63, 3.8) is 0 Å². The van der Waals surface area contributed by atoms with E-state index in [4.69, 9.17) is 16.7 Å². The number of nitrogens with zero attached hydrogens (tertiary/aromatic N) is 1. The van der Waals surface area contributed by atoms with Gasteiger partial charge in [-0.25, -0.2) is 9.78 Å². The standard InChI is InChI=1S/C13H10BrClN2O3S/c14-9-2-1-7(15)5-8(9)12(18)16-4-3-11-17-10(6-21-11)13(19)20/h1-2,5-6H,3-4H2,(H,16,18)(H,19,20). The van der Waals surface area contributed by atoms with Gasteiger partial charge >= 0.3 is 5.97 Å². The SMILES string of the molecule is O=C(O)c1csc(CCNC(=O)c2cc(Cl)ccc2Br)n1. The van der Waals surface area contributed by atoms with Crippen LogP contribution in [0.15, 0.2) is 28.1 Å². The third kappa shape index (κ3) is 4.26. The number of carbonyl (C=O) groups is 2. The first kappa shape index (κ1) is 15.9. The molecule has 2 aromatic rings. The van der Waals surface area contributed by atoms with Crippen LogP contribution in [0.3, 0.4) is 0 Å². The van der Waals surface area contributed by atoms with E-state index in [0.717, 1.165) is 0 Å². The molecule has 0 aliphatic heterocycles. The highest BCUT2D eigenvalue weighted by atomic mass is 79.9. The van der Waals surface area contributed by atoms with E-state index in [1.54, 1.807) is 18.2 Å². The van der Waals surface area contributed by atoms with Crippen molar-refractivity contribution >= 4 is 50.7 Å².